The molecular formula is C16H16N4O3. The summed E-state index contributed by atoms with van der Waals surface area (Å²) < 4.78 is 5.77. The normalized spacial score (nSPS) is 13.8. The lowest BCUT2D eigenvalue weighted by molar-refractivity contribution is -0.384. The van der Waals surface area contributed by atoms with Crippen LogP contribution in [0.3, 0.4) is 0 Å². The highest BCUT2D eigenvalue weighted by Gasteiger charge is 2.14. The third-order valence-corrected chi connectivity index (χ3v) is 3.45. The van der Waals surface area contributed by atoms with Gasteiger partial charge in [0.05, 0.1) is 10.5 Å². The lowest BCUT2D eigenvalue weighted by Crippen LogP contribution is -2.30. The van der Waals surface area contributed by atoms with Gasteiger partial charge >= 0.3 is 0 Å². The van der Waals surface area contributed by atoms with Crippen molar-refractivity contribution in [3.8, 4) is 5.88 Å². The molecule has 3 rings (SSSR count). The summed E-state index contributed by atoms with van der Waals surface area (Å²) in [6.45, 7) is 1.96. The van der Waals surface area contributed by atoms with Crippen molar-refractivity contribution in [2.75, 3.05) is 13.1 Å². The summed E-state index contributed by atoms with van der Waals surface area (Å²) in [4.78, 5) is 19.0. The summed E-state index contributed by atoms with van der Waals surface area (Å²) >= 11 is 0. The summed E-state index contributed by atoms with van der Waals surface area (Å²) in [6, 6.07) is 10.0. The van der Waals surface area contributed by atoms with E-state index in [1.165, 1.54) is 12.1 Å². The molecule has 1 aliphatic rings. The Morgan fingerprint density at radius 2 is 2.09 bits per heavy atom. The van der Waals surface area contributed by atoms with E-state index in [1.54, 1.807) is 18.3 Å². The number of nitrogens with zero attached hydrogens (tertiary/aromatic N) is 3. The summed E-state index contributed by atoms with van der Waals surface area (Å²) in [5.74, 6) is 1.29. The lowest BCUT2D eigenvalue weighted by Gasteiger charge is -2.17. The van der Waals surface area contributed by atoms with Gasteiger partial charge in [0.15, 0.2) is 0 Å². The van der Waals surface area contributed by atoms with Crippen LogP contribution in [0, 0.1) is 10.1 Å². The molecule has 0 unspecified atom stereocenters. The van der Waals surface area contributed by atoms with Gasteiger partial charge in [-0.05, 0) is 36.2 Å². The monoisotopic (exact) mass is 312 g/mol. The molecule has 0 spiro atoms. The Hall–Kier alpha value is -2.96. The molecule has 118 valence electrons. The Kier molecular flexibility index (Phi) is 4.46. The smallest absolute Gasteiger partial charge is 0.269 e. The second kappa shape index (κ2) is 6.87. The number of benzene rings is 1. The van der Waals surface area contributed by atoms with Crippen LogP contribution in [0.25, 0.3) is 0 Å². The fourth-order valence-corrected chi connectivity index (χ4v) is 2.26. The molecule has 1 aromatic heterocycles. The maximum Gasteiger partial charge on any atom is 0.269 e. The first kappa shape index (κ1) is 15.0. The zero-order valence-electron chi connectivity index (χ0n) is 12.4. The largest absolute Gasteiger partial charge is 0.472 e. The molecule has 0 saturated carbocycles. The molecule has 1 N–H and O–H groups in total. The minimum absolute atomic E-state index is 0.0630. The number of non-ortho nitro benzene ring substituents is 1. The molecule has 0 amide bonds. The quantitative estimate of drug-likeness (QED) is 0.676. The number of pyridine rings is 1. The van der Waals surface area contributed by atoms with E-state index in [0.29, 0.717) is 5.88 Å². The summed E-state index contributed by atoms with van der Waals surface area (Å²) in [6.07, 6.45) is 2.68. The molecule has 2 heterocycles. The van der Waals surface area contributed by atoms with E-state index in [2.05, 4.69) is 15.3 Å². The van der Waals surface area contributed by atoms with Crippen LogP contribution in [0.4, 0.5) is 5.69 Å². The molecule has 2 aromatic rings. The second-order valence-corrected chi connectivity index (χ2v) is 5.08. The van der Waals surface area contributed by atoms with E-state index in [1.807, 2.05) is 12.1 Å². The third-order valence-electron chi connectivity index (χ3n) is 3.45. The van der Waals surface area contributed by atoms with Crippen molar-refractivity contribution in [3.05, 3.63) is 63.8 Å². The van der Waals surface area contributed by atoms with Crippen LogP contribution >= 0.6 is 0 Å². The predicted octanol–water partition coefficient (Wildman–Crippen LogP) is 2.31. The SMILES string of the molecule is O=[N+]([O-])c1ccc(COc2ncccc2C2=NCCCN2)cc1. The number of nitro groups is 1. The average Bonchev–Trinajstić information content (AvgIpc) is 2.61. The van der Waals surface area contributed by atoms with E-state index in [9.17, 15) is 10.1 Å². The molecule has 0 bridgehead atoms. The fourth-order valence-electron chi connectivity index (χ4n) is 2.26. The van der Waals surface area contributed by atoms with E-state index in [-0.39, 0.29) is 12.3 Å². The number of aliphatic imine (C=N–C) groups is 1. The molecule has 1 aromatic carbocycles. The van der Waals surface area contributed by atoms with Crippen molar-refractivity contribution < 1.29 is 9.66 Å². The van der Waals surface area contributed by atoms with E-state index in [0.717, 1.165) is 36.5 Å². The number of hydrogen-bond donors (Lipinski definition) is 1. The van der Waals surface area contributed by atoms with Crippen molar-refractivity contribution in [1.29, 1.82) is 0 Å². The standard InChI is InChI=1S/C16H16N4O3/c21-20(22)13-6-4-12(5-7-13)11-23-16-14(3-1-8-19-16)15-17-9-2-10-18-15/h1,3-8H,2,9-11H2,(H,17,18). The zero-order valence-corrected chi connectivity index (χ0v) is 12.4. The molecule has 7 heteroatoms. The number of nitrogens with one attached hydrogen (secondary N) is 1. The number of rotatable bonds is 5. The molecule has 0 saturated heterocycles. The van der Waals surface area contributed by atoms with Crippen LogP contribution in [0.15, 0.2) is 47.6 Å². The van der Waals surface area contributed by atoms with Crippen LogP contribution in [0.1, 0.15) is 17.5 Å². The number of hydrogen-bond acceptors (Lipinski definition) is 6. The Morgan fingerprint density at radius 3 is 2.78 bits per heavy atom. The van der Waals surface area contributed by atoms with Gasteiger partial charge in [0.1, 0.15) is 12.4 Å². The highest BCUT2D eigenvalue weighted by molar-refractivity contribution is 6.00. The topological polar surface area (TPSA) is 89.7 Å². The van der Waals surface area contributed by atoms with Crippen molar-refractivity contribution in [2.45, 2.75) is 13.0 Å². The summed E-state index contributed by atoms with van der Waals surface area (Å²) in [7, 11) is 0. The van der Waals surface area contributed by atoms with Crippen LogP contribution in [-0.2, 0) is 6.61 Å². The molecular weight excluding hydrogens is 296 g/mol. The van der Waals surface area contributed by atoms with Crippen molar-refractivity contribution in [1.82, 2.24) is 10.3 Å². The van der Waals surface area contributed by atoms with Crippen LogP contribution in [0.5, 0.6) is 5.88 Å². The molecule has 23 heavy (non-hydrogen) atoms. The Labute approximate surface area is 133 Å². The van der Waals surface area contributed by atoms with Gasteiger partial charge in [-0.15, -0.1) is 0 Å². The van der Waals surface area contributed by atoms with Gasteiger partial charge in [-0.1, -0.05) is 0 Å². The molecule has 0 radical (unpaired) electrons. The Bertz CT molecular complexity index is 728. The minimum atomic E-state index is -0.422. The maximum atomic E-state index is 10.7. The maximum absolute atomic E-state index is 10.7. The van der Waals surface area contributed by atoms with Crippen molar-refractivity contribution >= 4 is 11.5 Å². The Morgan fingerprint density at radius 1 is 1.26 bits per heavy atom. The zero-order chi connectivity index (χ0) is 16.1. The van der Waals surface area contributed by atoms with Crippen molar-refractivity contribution in [3.63, 3.8) is 0 Å². The third kappa shape index (κ3) is 3.63. The van der Waals surface area contributed by atoms with Gasteiger partial charge in [0, 0.05) is 31.4 Å². The molecule has 0 fully saturated rings. The molecule has 0 aliphatic carbocycles. The van der Waals surface area contributed by atoms with Gasteiger partial charge in [-0.25, -0.2) is 4.98 Å². The minimum Gasteiger partial charge on any atom is -0.472 e. The summed E-state index contributed by atoms with van der Waals surface area (Å²) in [5.41, 5.74) is 1.73. The number of amidine groups is 1. The van der Waals surface area contributed by atoms with Gasteiger partial charge in [0.25, 0.3) is 5.69 Å². The van der Waals surface area contributed by atoms with Gasteiger partial charge in [-0.2, -0.15) is 0 Å². The highest BCUT2D eigenvalue weighted by atomic mass is 16.6. The van der Waals surface area contributed by atoms with E-state index in [4.69, 9.17) is 4.74 Å². The van der Waals surface area contributed by atoms with E-state index < -0.39 is 4.92 Å². The molecule has 7 nitrogen and oxygen atoms in total. The number of aromatic nitrogens is 1. The van der Waals surface area contributed by atoms with Crippen LogP contribution < -0.4 is 10.1 Å². The van der Waals surface area contributed by atoms with Gasteiger partial charge in [-0.3, -0.25) is 15.1 Å². The summed E-state index contributed by atoms with van der Waals surface area (Å²) in [5, 5.41) is 13.9. The first-order valence-corrected chi connectivity index (χ1v) is 7.34. The first-order chi connectivity index (χ1) is 11.2. The van der Waals surface area contributed by atoms with Crippen LogP contribution in [-0.4, -0.2) is 28.8 Å². The number of ether oxygens (including phenoxy) is 1. The lowest BCUT2D eigenvalue weighted by atomic mass is 10.2. The molecule has 0 atom stereocenters. The average molecular weight is 312 g/mol. The van der Waals surface area contributed by atoms with E-state index >= 15 is 0 Å². The Balaban J connectivity index is 1.73. The van der Waals surface area contributed by atoms with Gasteiger partial charge in [0.2, 0.25) is 5.88 Å². The predicted molar refractivity (Wildman–Crippen MR) is 85.7 cm³/mol. The fraction of sp³-hybridized carbons (Fsp3) is 0.250. The van der Waals surface area contributed by atoms with Gasteiger partial charge < -0.3 is 10.1 Å². The first-order valence-electron chi connectivity index (χ1n) is 7.34. The highest BCUT2D eigenvalue weighted by Crippen LogP contribution is 2.18. The second-order valence-electron chi connectivity index (χ2n) is 5.08. The number of nitro benzene ring substituents is 1. The molecule has 1 aliphatic heterocycles. The van der Waals surface area contributed by atoms with Crippen molar-refractivity contribution in [2.24, 2.45) is 4.99 Å². The van der Waals surface area contributed by atoms with Crippen LogP contribution in [0.2, 0.25) is 0 Å².